The standard InChI is InChI=1S/C19H14N4O2/c1-2-6-17(24-13-14-4-3-9-21-12-14)16(5-1)19-23-22-18(25-19)15-7-10-20-11-8-15/h1-12H,13H2. The van der Waals surface area contributed by atoms with Crippen LogP contribution in [0.3, 0.4) is 0 Å². The van der Waals surface area contributed by atoms with Crippen LogP contribution in [0.25, 0.3) is 22.9 Å². The van der Waals surface area contributed by atoms with Gasteiger partial charge in [-0.25, -0.2) is 0 Å². The SMILES string of the molecule is c1cncc(COc2ccccc2-c2nnc(-c3ccncc3)o2)c1. The Balaban J connectivity index is 1.60. The van der Waals surface area contributed by atoms with E-state index >= 15 is 0 Å². The van der Waals surface area contributed by atoms with Crippen LogP contribution in [0.4, 0.5) is 0 Å². The van der Waals surface area contributed by atoms with E-state index in [0.717, 1.165) is 16.7 Å². The Bertz CT molecular complexity index is 955. The molecule has 0 saturated carbocycles. The fourth-order valence-electron chi connectivity index (χ4n) is 2.36. The molecule has 3 heterocycles. The number of nitrogens with zero attached hydrogens (tertiary/aromatic N) is 4. The minimum Gasteiger partial charge on any atom is -0.488 e. The van der Waals surface area contributed by atoms with Crippen molar-refractivity contribution < 1.29 is 9.15 Å². The molecule has 0 fully saturated rings. The average molecular weight is 330 g/mol. The molecule has 122 valence electrons. The molecule has 0 atom stereocenters. The second-order valence-corrected chi connectivity index (χ2v) is 5.29. The van der Waals surface area contributed by atoms with Gasteiger partial charge in [0.2, 0.25) is 5.89 Å². The summed E-state index contributed by atoms with van der Waals surface area (Å²) in [5, 5.41) is 8.26. The Morgan fingerprint density at radius 3 is 2.48 bits per heavy atom. The van der Waals surface area contributed by atoms with Crippen molar-refractivity contribution in [3.8, 4) is 28.7 Å². The van der Waals surface area contributed by atoms with Gasteiger partial charge in [-0.15, -0.1) is 10.2 Å². The van der Waals surface area contributed by atoms with Crippen LogP contribution >= 0.6 is 0 Å². The van der Waals surface area contributed by atoms with E-state index in [2.05, 4.69) is 20.2 Å². The molecule has 0 aliphatic heterocycles. The molecule has 0 spiro atoms. The monoisotopic (exact) mass is 330 g/mol. The molecule has 0 N–H and O–H groups in total. The maximum atomic E-state index is 5.91. The summed E-state index contributed by atoms with van der Waals surface area (Å²) in [6.07, 6.45) is 6.88. The van der Waals surface area contributed by atoms with Crippen molar-refractivity contribution in [1.82, 2.24) is 20.2 Å². The summed E-state index contributed by atoms with van der Waals surface area (Å²) < 4.78 is 11.7. The molecule has 0 bridgehead atoms. The predicted octanol–water partition coefficient (Wildman–Crippen LogP) is 3.77. The minimum atomic E-state index is 0.411. The Morgan fingerprint density at radius 1 is 0.800 bits per heavy atom. The highest BCUT2D eigenvalue weighted by Crippen LogP contribution is 2.31. The van der Waals surface area contributed by atoms with Gasteiger partial charge in [0.1, 0.15) is 12.4 Å². The summed E-state index contributed by atoms with van der Waals surface area (Å²) >= 11 is 0. The summed E-state index contributed by atoms with van der Waals surface area (Å²) in [5.74, 6) is 1.53. The summed E-state index contributed by atoms with van der Waals surface area (Å²) in [6, 6.07) is 15.1. The topological polar surface area (TPSA) is 73.9 Å². The van der Waals surface area contributed by atoms with Crippen molar-refractivity contribution in [2.45, 2.75) is 6.61 Å². The first kappa shape index (κ1) is 15.0. The van der Waals surface area contributed by atoms with Gasteiger partial charge in [-0.2, -0.15) is 0 Å². The Kier molecular flexibility index (Phi) is 4.16. The first-order valence-electron chi connectivity index (χ1n) is 7.75. The third kappa shape index (κ3) is 3.37. The molecule has 6 heteroatoms. The van der Waals surface area contributed by atoms with E-state index in [-0.39, 0.29) is 0 Å². The predicted molar refractivity (Wildman–Crippen MR) is 91.5 cm³/mol. The smallest absolute Gasteiger partial charge is 0.251 e. The van der Waals surface area contributed by atoms with Crippen molar-refractivity contribution in [1.29, 1.82) is 0 Å². The van der Waals surface area contributed by atoms with Gasteiger partial charge in [0, 0.05) is 35.9 Å². The van der Waals surface area contributed by atoms with Crippen LogP contribution < -0.4 is 4.74 Å². The van der Waals surface area contributed by atoms with Gasteiger partial charge in [0.25, 0.3) is 5.89 Å². The lowest BCUT2D eigenvalue weighted by atomic mass is 10.2. The van der Waals surface area contributed by atoms with Crippen LogP contribution in [0.2, 0.25) is 0 Å². The van der Waals surface area contributed by atoms with E-state index in [1.807, 2.05) is 48.5 Å². The molecular formula is C19H14N4O2. The summed E-state index contributed by atoms with van der Waals surface area (Å²) in [4.78, 5) is 8.08. The van der Waals surface area contributed by atoms with E-state index in [0.29, 0.717) is 24.1 Å². The highest BCUT2D eigenvalue weighted by atomic mass is 16.5. The van der Waals surface area contributed by atoms with Crippen LogP contribution in [0.15, 0.2) is 77.7 Å². The van der Waals surface area contributed by atoms with Crippen molar-refractivity contribution in [2.75, 3.05) is 0 Å². The molecule has 4 rings (SSSR count). The lowest BCUT2D eigenvalue weighted by Gasteiger charge is -2.08. The average Bonchev–Trinajstić information content (AvgIpc) is 3.18. The molecular weight excluding hydrogens is 316 g/mol. The van der Waals surface area contributed by atoms with Gasteiger partial charge >= 0.3 is 0 Å². The Hall–Kier alpha value is -3.54. The molecule has 0 amide bonds. The first-order valence-corrected chi connectivity index (χ1v) is 7.75. The second kappa shape index (κ2) is 6.92. The third-order valence-corrected chi connectivity index (χ3v) is 3.59. The zero-order chi connectivity index (χ0) is 16.9. The summed E-state index contributed by atoms with van der Waals surface area (Å²) in [7, 11) is 0. The van der Waals surface area contributed by atoms with Crippen molar-refractivity contribution in [2.24, 2.45) is 0 Å². The highest BCUT2D eigenvalue weighted by molar-refractivity contribution is 5.64. The molecule has 1 aromatic carbocycles. The van der Waals surface area contributed by atoms with Crippen LogP contribution in [-0.4, -0.2) is 20.2 Å². The quantitative estimate of drug-likeness (QED) is 0.554. The van der Waals surface area contributed by atoms with Gasteiger partial charge < -0.3 is 9.15 Å². The Labute approximate surface area is 144 Å². The molecule has 0 radical (unpaired) electrons. The fourth-order valence-corrected chi connectivity index (χ4v) is 2.36. The molecule has 25 heavy (non-hydrogen) atoms. The van der Waals surface area contributed by atoms with Crippen LogP contribution in [0.1, 0.15) is 5.56 Å². The molecule has 0 saturated heterocycles. The fraction of sp³-hybridized carbons (Fsp3) is 0.0526. The van der Waals surface area contributed by atoms with Gasteiger partial charge in [-0.05, 0) is 30.3 Å². The number of para-hydroxylation sites is 1. The van der Waals surface area contributed by atoms with Crippen molar-refractivity contribution >= 4 is 0 Å². The molecule has 3 aromatic heterocycles. The van der Waals surface area contributed by atoms with Gasteiger partial charge in [0.15, 0.2) is 0 Å². The van der Waals surface area contributed by atoms with Gasteiger partial charge in [0.05, 0.1) is 5.56 Å². The molecule has 4 aromatic rings. The first-order chi connectivity index (χ1) is 12.4. The normalized spacial score (nSPS) is 10.6. The van der Waals surface area contributed by atoms with E-state index in [4.69, 9.17) is 9.15 Å². The summed E-state index contributed by atoms with van der Waals surface area (Å²) in [5.41, 5.74) is 2.56. The van der Waals surface area contributed by atoms with E-state index in [1.165, 1.54) is 0 Å². The third-order valence-electron chi connectivity index (χ3n) is 3.59. The number of rotatable bonds is 5. The van der Waals surface area contributed by atoms with Crippen LogP contribution in [-0.2, 0) is 6.61 Å². The zero-order valence-corrected chi connectivity index (χ0v) is 13.2. The summed E-state index contributed by atoms with van der Waals surface area (Å²) in [6.45, 7) is 0.413. The number of hydrogen-bond acceptors (Lipinski definition) is 6. The second-order valence-electron chi connectivity index (χ2n) is 5.29. The van der Waals surface area contributed by atoms with Crippen LogP contribution in [0.5, 0.6) is 5.75 Å². The Morgan fingerprint density at radius 2 is 1.64 bits per heavy atom. The minimum absolute atomic E-state index is 0.411. The number of pyridine rings is 2. The maximum Gasteiger partial charge on any atom is 0.251 e. The van der Waals surface area contributed by atoms with E-state index in [9.17, 15) is 0 Å². The number of benzene rings is 1. The lowest BCUT2D eigenvalue weighted by molar-refractivity contribution is 0.306. The highest BCUT2D eigenvalue weighted by Gasteiger charge is 2.14. The van der Waals surface area contributed by atoms with Crippen molar-refractivity contribution in [3.63, 3.8) is 0 Å². The lowest BCUT2D eigenvalue weighted by Crippen LogP contribution is -1.97. The van der Waals surface area contributed by atoms with E-state index < -0.39 is 0 Å². The van der Waals surface area contributed by atoms with Crippen LogP contribution in [0, 0.1) is 0 Å². The largest absolute Gasteiger partial charge is 0.488 e. The maximum absolute atomic E-state index is 5.91. The van der Waals surface area contributed by atoms with Crippen molar-refractivity contribution in [3.05, 3.63) is 78.9 Å². The number of hydrogen-bond donors (Lipinski definition) is 0. The zero-order valence-electron chi connectivity index (χ0n) is 13.2. The van der Waals surface area contributed by atoms with E-state index in [1.54, 1.807) is 24.8 Å². The molecule has 0 aliphatic carbocycles. The molecule has 0 unspecified atom stereocenters. The molecule has 0 aliphatic rings. The van der Waals surface area contributed by atoms with Gasteiger partial charge in [-0.1, -0.05) is 18.2 Å². The number of ether oxygens (including phenoxy) is 1. The number of aromatic nitrogens is 4. The molecule has 6 nitrogen and oxygen atoms in total. The van der Waals surface area contributed by atoms with Gasteiger partial charge in [-0.3, -0.25) is 9.97 Å².